The Bertz CT molecular complexity index is 224. The minimum absolute atomic E-state index is 0.695. The molecule has 0 bridgehead atoms. The number of hydrogen-bond donors (Lipinski definition) is 1. The van der Waals surface area contributed by atoms with Gasteiger partial charge in [0.25, 0.3) is 0 Å². The molecule has 2 aliphatic carbocycles. The van der Waals surface area contributed by atoms with E-state index < -0.39 is 0 Å². The van der Waals surface area contributed by atoms with Gasteiger partial charge in [-0.15, -0.1) is 0 Å². The molecule has 0 aromatic carbocycles. The predicted octanol–water partition coefficient (Wildman–Crippen LogP) is 4.05. The van der Waals surface area contributed by atoms with Gasteiger partial charge >= 0.3 is 0 Å². The van der Waals surface area contributed by atoms with Crippen LogP contribution in [-0.4, -0.2) is 13.1 Å². The molecule has 0 radical (unpaired) electrons. The van der Waals surface area contributed by atoms with Crippen LogP contribution in [0.1, 0.15) is 64.2 Å². The van der Waals surface area contributed by atoms with Gasteiger partial charge < -0.3 is 5.32 Å². The maximum absolute atomic E-state index is 3.59. The lowest BCUT2D eigenvalue weighted by Crippen LogP contribution is -2.35. The fraction of sp³-hybridized carbons (Fsp3) is 0.867. The van der Waals surface area contributed by atoms with Crippen molar-refractivity contribution >= 4 is 0 Å². The summed E-state index contributed by atoms with van der Waals surface area (Å²) < 4.78 is 0. The zero-order valence-corrected chi connectivity index (χ0v) is 10.8. The number of nitrogens with one attached hydrogen (secondary N) is 1. The van der Waals surface area contributed by atoms with E-state index in [0.717, 1.165) is 5.92 Å². The van der Waals surface area contributed by atoms with Crippen LogP contribution in [-0.2, 0) is 0 Å². The van der Waals surface area contributed by atoms with Gasteiger partial charge in [0.05, 0.1) is 0 Å². The highest BCUT2D eigenvalue weighted by Crippen LogP contribution is 2.31. The third kappa shape index (κ3) is 3.10. The molecule has 0 aliphatic heterocycles. The summed E-state index contributed by atoms with van der Waals surface area (Å²) in [4.78, 5) is 0. The molecule has 1 fully saturated rings. The van der Waals surface area contributed by atoms with Gasteiger partial charge in [0.2, 0.25) is 0 Å². The summed E-state index contributed by atoms with van der Waals surface area (Å²) in [5, 5.41) is 3.59. The number of likely N-dealkylation sites (N-methyl/N-ethyl adjacent to an activating group) is 1. The average molecular weight is 221 g/mol. The highest BCUT2D eigenvalue weighted by molar-refractivity contribution is 5.16. The van der Waals surface area contributed by atoms with Crippen molar-refractivity contribution in [3.8, 4) is 0 Å². The lowest BCUT2D eigenvalue weighted by molar-refractivity contribution is 0.317. The van der Waals surface area contributed by atoms with Gasteiger partial charge in [-0.2, -0.15) is 0 Å². The second-order valence-corrected chi connectivity index (χ2v) is 5.54. The van der Waals surface area contributed by atoms with Crippen LogP contribution in [0.2, 0.25) is 0 Å². The van der Waals surface area contributed by atoms with Gasteiger partial charge in [0.15, 0.2) is 0 Å². The molecule has 2 aliphatic rings. The smallest absolute Gasteiger partial charge is 0.0305 e. The molecule has 92 valence electrons. The van der Waals surface area contributed by atoms with Gasteiger partial charge in [0.1, 0.15) is 0 Å². The molecule has 1 saturated carbocycles. The molecule has 1 nitrogen and oxygen atoms in total. The first-order valence-corrected chi connectivity index (χ1v) is 7.28. The van der Waals surface area contributed by atoms with Crippen molar-refractivity contribution < 1.29 is 0 Å². The molecule has 0 amide bonds. The van der Waals surface area contributed by atoms with E-state index in [1.165, 1.54) is 64.2 Å². The molecule has 0 aromatic heterocycles. The Balaban J connectivity index is 1.94. The summed E-state index contributed by atoms with van der Waals surface area (Å²) in [7, 11) is 2.16. The highest BCUT2D eigenvalue weighted by Gasteiger charge is 2.24. The topological polar surface area (TPSA) is 12.0 Å². The van der Waals surface area contributed by atoms with Gasteiger partial charge in [0, 0.05) is 6.04 Å². The van der Waals surface area contributed by atoms with Crippen molar-refractivity contribution in [1.29, 1.82) is 0 Å². The second kappa shape index (κ2) is 6.44. The standard InChI is InChI=1S/C15H27N/c1-16-15(14-11-7-8-12-14)13-9-5-3-2-4-6-10-13/h11,13,15-16H,2-10,12H2,1H3. The largest absolute Gasteiger partial charge is 0.313 e. The predicted molar refractivity (Wildman–Crippen MR) is 70.6 cm³/mol. The molecule has 1 heteroatoms. The van der Waals surface area contributed by atoms with Crippen molar-refractivity contribution in [2.75, 3.05) is 7.05 Å². The van der Waals surface area contributed by atoms with Crippen LogP contribution in [0, 0.1) is 5.92 Å². The summed E-state index contributed by atoms with van der Waals surface area (Å²) in [5.74, 6) is 0.912. The third-order valence-electron chi connectivity index (χ3n) is 4.41. The van der Waals surface area contributed by atoms with E-state index in [1.807, 2.05) is 0 Å². The van der Waals surface area contributed by atoms with Crippen LogP contribution < -0.4 is 5.32 Å². The van der Waals surface area contributed by atoms with E-state index >= 15 is 0 Å². The quantitative estimate of drug-likeness (QED) is 0.709. The molecular weight excluding hydrogens is 194 g/mol. The molecule has 0 spiro atoms. The van der Waals surface area contributed by atoms with E-state index in [1.54, 1.807) is 5.57 Å². The summed E-state index contributed by atoms with van der Waals surface area (Å²) in [6.45, 7) is 0. The normalized spacial score (nSPS) is 25.9. The maximum atomic E-state index is 3.59. The first kappa shape index (κ1) is 12.2. The molecule has 1 unspecified atom stereocenters. The van der Waals surface area contributed by atoms with Gasteiger partial charge in [-0.25, -0.2) is 0 Å². The lowest BCUT2D eigenvalue weighted by Gasteiger charge is -2.29. The third-order valence-corrected chi connectivity index (χ3v) is 4.41. The van der Waals surface area contributed by atoms with Crippen LogP contribution in [0.5, 0.6) is 0 Å². The van der Waals surface area contributed by atoms with E-state index in [4.69, 9.17) is 0 Å². The summed E-state index contributed by atoms with van der Waals surface area (Å²) in [5.41, 5.74) is 1.72. The van der Waals surface area contributed by atoms with Crippen molar-refractivity contribution in [1.82, 2.24) is 5.32 Å². The Morgan fingerprint density at radius 1 is 1.06 bits per heavy atom. The molecule has 0 heterocycles. The Hall–Kier alpha value is -0.300. The molecule has 1 N–H and O–H groups in total. The first-order chi connectivity index (χ1) is 7.92. The summed E-state index contributed by atoms with van der Waals surface area (Å²) in [6, 6.07) is 0.695. The Morgan fingerprint density at radius 3 is 2.31 bits per heavy atom. The molecule has 1 atom stereocenters. The average Bonchev–Trinajstić information content (AvgIpc) is 2.75. The summed E-state index contributed by atoms with van der Waals surface area (Å²) in [6.07, 6.45) is 16.8. The highest BCUT2D eigenvalue weighted by atomic mass is 14.9. The lowest BCUT2D eigenvalue weighted by atomic mass is 9.82. The molecule has 16 heavy (non-hydrogen) atoms. The molecule has 0 aromatic rings. The van der Waals surface area contributed by atoms with Gasteiger partial charge in [-0.1, -0.05) is 43.8 Å². The molecule has 2 rings (SSSR count). The second-order valence-electron chi connectivity index (χ2n) is 5.54. The number of rotatable bonds is 3. The maximum Gasteiger partial charge on any atom is 0.0305 e. The van der Waals surface area contributed by atoms with Crippen LogP contribution in [0.25, 0.3) is 0 Å². The fourth-order valence-corrected chi connectivity index (χ4v) is 3.52. The molecular formula is C15H27N. The van der Waals surface area contributed by atoms with Crippen molar-refractivity contribution in [2.45, 2.75) is 70.3 Å². The Kier molecular flexibility index (Phi) is 4.90. The molecule has 0 saturated heterocycles. The number of hydrogen-bond acceptors (Lipinski definition) is 1. The zero-order chi connectivity index (χ0) is 11.2. The van der Waals surface area contributed by atoms with Gasteiger partial charge in [-0.05, 0) is 45.1 Å². The number of allylic oxidation sites excluding steroid dienone is 1. The van der Waals surface area contributed by atoms with Gasteiger partial charge in [-0.3, -0.25) is 0 Å². The van der Waals surface area contributed by atoms with Crippen LogP contribution in [0.15, 0.2) is 11.6 Å². The SMILES string of the molecule is CNC(C1=CCCC1)C1CCCCCCC1. The van der Waals surface area contributed by atoms with Crippen LogP contribution in [0.3, 0.4) is 0 Å². The first-order valence-electron chi connectivity index (χ1n) is 7.28. The summed E-state index contributed by atoms with van der Waals surface area (Å²) >= 11 is 0. The van der Waals surface area contributed by atoms with Crippen molar-refractivity contribution in [3.05, 3.63) is 11.6 Å². The van der Waals surface area contributed by atoms with E-state index in [2.05, 4.69) is 18.4 Å². The van der Waals surface area contributed by atoms with Crippen LogP contribution in [0.4, 0.5) is 0 Å². The van der Waals surface area contributed by atoms with Crippen molar-refractivity contribution in [2.24, 2.45) is 5.92 Å². The zero-order valence-electron chi connectivity index (χ0n) is 10.8. The Labute approximate surface area is 101 Å². The minimum Gasteiger partial charge on any atom is -0.313 e. The van der Waals surface area contributed by atoms with E-state index in [-0.39, 0.29) is 0 Å². The monoisotopic (exact) mass is 221 g/mol. The Morgan fingerprint density at radius 2 is 1.75 bits per heavy atom. The van der Waals surface area contributed by atoms with E-state index in [0.29, 0.717) is 6.04 Å². The fourth-order valence-electron chi connectivity index (χ4n) is 3.52. The van der Waals surface area contributed by atoms with E-state index in [9.17, 15) is 0 Å². The van der Waals surface area contributed by atoms with Crippen molar-refractivity contribution in [3.63, 3.8) is 0 Å². The minimum atomic E-state index is 0.695. The van der Waals surface area contributed by atoms with Crippen LogP contribution >= 0.6 is 0 Å².